The summed E-state index contributed by atoms with van der Waals surface area (Å²) >= 11 is 11.8. The van der Waals surface area contributed by atoms with E-state index in [0.29, 0.717) is 5.02 Å². The Bertz CT molecular complexity index is 601. The highest BCUT2D eigenvalue weighted by molar-refractivity contribution is 6.38. The minimum atomic E-state index is -0.917. The van der Waals surface area contributed by atoms with Gasteiger partial charge in [0.15, 0.2) is 0 Å². The van der Waals surface area contributed by atoms with Crippen molar-refractivity contribution in [2.75, 3.05) is 4.90 Å². The lowest BCUT2D eigenvalue weighted by atomic mass is 9.92. The first-order chi connectivity index (χ1) is 9.32. The van der Waals surface area contributed by atoms with E-state index < -0.39 is 23.8 Å². The molecule has 5 nitrogen and oxygen atoms in total. The fourth-order valence-corrected chi connectivity index (χ4v) is 2.56. The van der Waals surface area contributed by atoms with Crippen molar-refractivity contribution in [2.45, 2.75) is 13.8 Å². The van der Waals surface area contributed by atoms with E-state index in [1.54, 1.807) is 13.8 Å². The van der Waals surface area contributed by atoms with Crippen LogP contribution >= 0.6 is 23.2 Å². The van der Waals surface area contributed by atoms with Crippen molar-refractivity contribution in [3.8, 4) is 0 Å². The van der Waals surface area contributed by atoms with E-state index in [4.69, 9.17) is 23.2 Å². The molecule has 2 rings (SSSR count). The van der Waals surface area contributed by atoms with Crippen molar-refractivity contribution >= 4 is 46.7 Å². The van der Waals surface area contributed by atoms with Gasteiger partial charge in [0.2, 0.25) is 11.8 Å². The molecule has 1 aromatic rings. The van der Waals surface area contributed by atoms with Crippen molar-refractivity contribution in [1.82, 2.24) is 5.32 Å². The van der Waals surface area contributed by atoms with E-state index in [9.17, 15) is 14.4 Å². The maximum Gasteiger partial charge on any atom is 0.335 e. The maximum atomic E-state index is 12.4. The van der Waals surface area contributed by atoms with Gasteiger partial charge >= 0.3 is 6.03 Å². The largest absolute Gasteiger partial charge is 0.335 e. The second kappa shape index (κ2) is 5.42. The van der Waals surface area contributed by atoms with Crippen molar-refractivity contribution in [2.24, 2.45) is 11.8 Å². The summed E-state index contributed by atoms with van der Waals surface area (Å²) < 4.78 is 0. The lowest BCUT2D eigenvalue weighted by molar-refractivity contribution is -0.136. The Kier molecular flexibility index (Phi) is 4.01. The minimum absolute atomic E-state index is 0.165. The molecule has 0 saturated carbocycles. The summed E-state index contributed by atoms with van der Waals surface area (Å²) in [5, 5.41) is 2.72. The van der Waals surface area contributed by atoms with E-state index in [2.05, 4.69) is 5.32 Å². The Morgan fingerprint density at radius 3 is 2.40 bits per heavy atom. The number of halogens is 2. The average molecular weight is 315 g/mol. The van der Waals surface area contributed by atoms with Crippen molar-refractivity contribution in [3.63, 3.8) is 0 Å². The topological polar surface area (TPSA) is 66.5 Å². The first-order valence-electron chi connectivity index (χ1n) is 5.96. The van der Waals surface area contributed by atoms with Gasteiger partial charge in [0.05, 0.1) is 10.7 Å². The summed E-state index contributed by atoms with van der Waals surface area (Å²) in [6.45, 7) is 3.47. The van der Waals surface area contributed by atoms with Crippen LogP contribution in [0, 0.1) is 11.8 Å². The number of carbonyl (C=O) groups excluding carboxylic acids is 3. The van der Waals surface area contributed by atoms with Crippen LogP contribution < -0.4 is 10.2 Å². The first kappa shape index (κ1) is 14.8. The number of amides is 4. The normalized spacial score (nSPS) is 19.6. The number of hydrogen-bond acceptors (Lipinski definition) is 3. The highest BCUT2D eigenvalue weighted by Crippen LogP contribution is 2.32. The van der Waals surface area contributed by atoms with Gasteiger partial charge in [-0.05, 0) is 24.1 Å². The van der Waals surface area contributed by atoms with Crippen LogP contribution in [-0.2, 0) is 9.59 Å². The summed E-state index contributed by atoms with van der Waals surface area (Å²) in [4.78, 5) is 36.9. The van der Waals surface area contributed by atoms with Gasteiger partial charge in [0, 0.05) is 5.02 Å². The molecule has 1 heterocycles. The van der Waals surface area contributed by atoms with Crippen molar-refractivity contribution in [3.05, 3.63) is 28.2 Å². The molecule has 1 fully saturated rings. The third-order valence-electron chi connectivity index (χ3n) is 3.02. The molecule has 0 radical (unpaired) electrons. The van der Waals surface area contributed by atoms with Crippen LogP contribution in [0.3, 0.4) is 0 Å². The Morgan fingerprint density at radius 2 is 1.85 bits per heavy atom. The van der Waals surface area contributed by atoms with Gasteiger partial charge in [-0.15, -0.1) is 0 Å². The molecule has 1 unspecified atom stereocenters. The van der Waals surface area contributed by atoms with Gasteiger partial charge in [0.25, 0.3) is 0 Å². The van der Waals surface area contributed by atoms with Gasteiger partial charge in [0.1, 0.15) is 5.92 Å². The van der Waals surface area contributed by atoms with Gasteiger partial charge in [-0.3, -0.25) is 14.9 Å². The Hall–Kier alpha value is -1.59. The number of imide groups is 2. The summed E-state index contributed by atoms with van der Waals surface area (Å²) in [6, 6.07) is 3.61. The van der Waals surface area contributed by atoms with Crippen LogP contribution in [0.1, 0.15) is 13.8 Å². The van der Waals surface area contributed by atoms with Gasteiger partial charge in [-0.1, -0.05) is 37.0 Å². The number of barbiturate groups is 1. The maximum absolute atomic E-state index is 12.4. The molecule has 1 aliphatic heterocycles. The highest BCUT2D eigenvalue weighted by Gasteiger charge is 2.43. The fourth-order valence-electron chi connectivity index (χ4n) is 2.07. The number of anilines is 1. The number of carbonyl (C=O) groups is 3. The zero-order valence-corrected chi connectivity index (χ0v) is 12.3. The van der Waals surface area contributed by atoms with Gasteiger partial charge in [-0.25, -0.2) is 9.69 Å². The van der Waals surface area contributed by atoms with Crippen LogP contribution in [0.5, 0.6) is 0 Å². The second-order valence-electron chi connectivity index (χ2n) is 4.79. The van der Waals surface area contributed by atoms with Crippen LogP contribution in [0.4, 0.5) is 10.5 Å². The van der Waals surface area contributed by atoms with E-state index in [0.717, 1.165) is 4.90 Å². The third-order valence-corrected chi connectivity index (χ3v) is 3.56. The number of benzene rings is 1. The van der Waals surface area contributed by atoms with Crippen LogP contribution in [-0.4, -0.2) is 17.8 Å². The number of urea groups is 1. The summed E-state index contributed by atoms with van der Waals surface area (Å²) in [5.74, 6) is -2.32. The molecule has 20 heavy (non-hydrogen) atoms. The molecule has 1 aromatic carbocycles. The molecule has 7 heteroatoms. The van der Waals surface area contributed by atoms with E-state index >= 15 is 0 Å². The number of rotatable bonds is 2. The molecule has 1 atom stereocenters. The number of nitrogens with zero attached hydrogens (tertiary/aromatic N) is 1. The summed E-state index contributed by atoms with van der Waals surface area (Å²) in [5.41, 5.74) is 0.205. The van der Waals surface area contributed by atoms with E-state index in [-0.39, 0.29) is 16.6 Å². The van der Waals surface area contributed by atoms with E-state index in [1.165, 1.54) is 18.2 Å². The molecule has 106 valence electrons. The number of hydrogen-bond donors (Lipinski definition) is 1. The second-order valence-corrected chi connectivity index (χ2v) is 5.63. The standard InChI is InChI=1S/C13H12Cl2N2O3/c1-6(2)10-11(18)16-13(20)17(12(10)19)9-4-3-7(14)5-8(9)15/h3-6,10H,1-2H3,(H,16,18,20). The third kappa shape index (κ3) is 2.51. The average Bonchev–Trinajstić information content (AvgIpc) is 2.30. The van der Waals surface area contributed by atoms with Crippen molar-refractivity contribution in [1.29, 1.82) is 0 Å². The molecular weight excluding hydrogens is 303 g/mol. The monoisotopic (exact) mass is 314 g/mol. The SMILES string of the molecule is CC(C)C1C(=O)NC(=O)N(c2ccc(Cl)cc2Cl)C1=O. The minimum Gasteiger partial charge on any atom is -0.277 e. The Morgan fingerprint density at radius 1 is 1.20 bits per heavy atom. The van der Waals surface area contributed by atoms with Crippen molar-refractivity contribution < 1.29 is 14.4 Å². The summed E-state index contributed by atoms with van der Waals surface area (Å²) in [7, 11) is 0. The van der Waals surface area contributed by atoms with Crippen LogP contribution in [0.2, 0.25) is 10.0 Å². The molecule has 0 aromatic heterocycles. The lowest BCUT2D eigenvalue weighted by Gasteiger charge is -2.32. The zero-order chi connectivity index (χ0) is 15.0. The quantitative estimate of drug-likeness (QED) is 0.853. The zero-order valence-electron chi connectivity index (χ0n) is 10.8. The smallest absolute Gasteiger partial charge is 0.277 e. The molecule has 0 aliphatic carbocycles. The predicted octanol–water partition coefficient (Wildman–Crippen LogP) is 2.85. The van der Waals surface area contributed by atoms with Gasteiger partial charge in [-0.2, -0.15) is 0 Å². The fraction of sp³-hybridized carbons (Fsp3) is 0.308. The first-order valence-corrected chi connectivity index (χ1v) is 6.72. The molecule has 1 aliphatic rings. The Balaban J connectivity index is 2.46. The van der Waals surface area contributed by atoms with E-state index in [1.807, 2.05) is 0 Å². The molecule has 1 saturated heterocycles. The van der Waals surface area contributed by atoms with Gasteiger partial charge < -0.3 is 0 Å². The molecule has 0 bridgehead atoms. The highest BCUT2D eigenvalue weighted by atomic mass is 35.5. The van der Waals surface area contributed by atoms with Crippen LogP contribution in [0.15, 0.2) is 18.2 Å². The molecular formula is C13H12Cl2N2O3. The molecule has 1 N–H and O–H groups in total. The predicted molar refractivity (Wildman–Crippen MR) is 75.8 cm³/mol. The lowest BCUT2D eigenvalue weighted by Crippen LogP contribution is -2.59. The van der Waals surface area contributed by atoms with Crippen LogP contribution in [0.25, 0.3) is 0 Å². The molecule has 4 amide bonds. The number of nitrogens with one attached hydrogen (secondary N) is 1. The molecule has 0 spiro atoms. The Labute approximate surface area is 125 Å². The summed E-state index contributed by atoms with van der Waals surface area (Å²) in [6.07, 6.45) is 0.